The summed E-state index contributed by atoms with van der Waals surface area (Å²) in [4.78, 5) is 2.61. The zero-order chi connectivity index (χ0) is 13.5. The standard InChI is InChI=1S/C15H34N2/c1-7-11-17(12-10-16)15(6,14(4)5)9-8-13(2)3/h13-14H,7-12,16H2,1-6H3/t15-/m1/s1. The summed E-state index contributed by atoms with van der Waals surface area (Å²) in [6, 6.07) is 0. The number of nitrogens with zero attached hydrogens (tertiary/aromatic N) is 1. The van der Waals surface area contributed by atoms with E-state index in [4.69, 9.17) is 5.73 Å². The van der Waals surface area contributed by atoms with Crippen LogP contribution in [0.15, 0.2) is 0 Å². The molecule has 2 N–H and O–H groups in total. The van der Waals surface area contributed by atoms with Crippen LogP contribution in [0.4, 0.5) is 0 Å². The number of hydrogen-bond acceptors (Lipinski definition) is 2. The van der Waals surface area contributed by atoms with Crippen LogP contribution in [0.25, 0.3) is 0 Å². The van der Waals surface area contributed by atoms with Crippen molar-refractivity contribution >= 4 is 0 Å². The maximum atomic E-state index is 5.77. The van der Waals surface area contributed by atoms with Gasteiger partial charge in [-0.05, 0) is 44.6 Å². The van der Waals surface area contributed by atoms with Gasteiger partial charge in [-0.15, -0.1) is 0 Å². The summed E-state index contributed by atoms with van der Waals surface area (Å²) in [5, 5.41) is 0. The third-order valence-corrected chi connectivity index (χ3v) is 4.09. The molecule has 0 spiro atoms. The minimum absolute atomic E-state index is 0.305. The van der Waals surface area contributed by atoms with Crippen molar-refractivity contribution in [2.45, 2.75) is 66.3 Å². The van der Waals surface area contributed by atoms with E-state index in [1.54, 1.807) is 0 Å². The lowest BCUT2D eigenvalue weighted by molar-refractivity contribution is 0.0493. The first-order valence-corrected chi connectivity index (χ1v) is 7.33. The molecular formula is C15H34N2. The highest BCUT2D eigenvalue weighted by molar-refractivity contribution is 4.89. The molecule has 1 atom stereocenters. The van der Waals surface area contributed by atoms with Gasteiger partial charge in [-0.3, -0.25) is 4.90 Å². The van der Waals surface area contributed by atoms with Crippen LogP contribution in [0.2, 0.25) is 0 Å². The summed E-state index contributed by atoms with van der Waals surface area (Å²) in [5.41, 5.74) is 6.08. The molecule has 0 heterocycles. The van der Waals surface area contributed by atoms with Gasteiger partial charge in [0.15, 0.2) is 0 Å². The molecule has 0 aliphatic heterocycles. The molecule has 0 aromatic rings. The zero-order valence-corrected chi connectivity index (χ0v) is 12.9. The average molecular weight is 242 g/mol. The predicted octanol–water partition coefficient (Wildman–Crippen LogP) is 3.51. The molecule has 0 amide bonds. The highest BCUT2D eigenvalue weighted by atomic mass is 15.2. The Hall–Kier alpha value is -0.0800. The Morgan fingerprint density at radius 1 is 1.12 bits per heavy atom. The molecule has 0 aromatic heterocycles. The average Bonchev–Trinajstić information content (AvgIpc) is 2.25. The molecule has 0 saturated heterocycles. The monoisotopic (exact) mass is 242 g/mol. The van der Waals surface area contributed by atoms with Crippen molar-refractivity contribution < 1.29 is 0 Å². The third-order valence-electron chi connectivity index (χ3n) is 4.09. The number of nitrogens with two attached hydrogens (primary N) is 1. The Labute approximate surface area is 109 Å². The Morgan fingerprint density at radius 2 is 1.71 bits per heavy atom. The quantitative estimate of drug-likeness (QED) is 0.670. The fourth-order valence-corrected chi connectivity index (χ4v) is 2.44. The molecule has 0 aromatic carbocycles. The van der Waals surface area contributed by atoms with Crippen LogP contribution in [0, 0.1) is 11.8 Å². The van der Waals surface area contributed by atoms with Gasteiger partial charge in [-0.1, -0.05) is 34.6 Å². The smallest absolute Gasteiger partial charge is 0.0204 e. The highest BCUT2D eigenvalue weighted by Gasteiger charge is 2.33. The lowest BCUT2D eigenvalue weighted by atomic mass is 9.80. The predicted molar refractivity (Wildman–Crippen MR) is 78.2 cm³/mol. The van der Waals surface area contributed by atoms with Gasteiger partial charge in [0.2, 0.25) is 0 Å². The van der Waals surface area contributed by atoms with Crippen molar-refractivity contribution in [3.63, 3.8) is 0 Å². The first-order chi connectivity index (χ1) is 7.88. The maximum Gasteiger partial charge on any atom is 0.0204 e. The zero-order valence-electron chi connectivity index (χ0n) is 12.9. The van der Waals surface area contributed by atoms with Crippen LogP contribution in [-0.4, -0.2) is 30.1 Å². The van der Waals surface area contributed by atoms with E-state index in [9.17, 15) is 0 Å². The maximum absolute atomic E-state index is 5.77. The molecule has 104 valence electrons. The lowest BCUT2D eigenvalue weighted by Gasteiger charge is -2.45. The first kappa shape index (κ1) is 16.9. The van der Waals surface area contributed by atoms with E-state index >= 15 is 0 Å². The molecule has 0 radical (unpaired) electrons. The van der Waals surface area contributed by atoms with Crippen LogP contribution in [0.3, 0.4) is 0 Å². The summed E-state index contributed by atoms with van der Waals surface area (Å²) < 4.78 is 0. The van der Waals surface area contributed by atoms with Gasteiger partial charge in [-0.25, -0.2) is 0 Å². The van der Waals surface area contributed by atoms with Gasteiger partial charge in [0.25, 0.3) is 0 Å². The van der Waals surface area contributed by atoms with Crippen molar-refractivity contribution in [3.8, 4) is 0 Å². The van der Waals surface area contributed by atoms with Crippen LogP contribution >= 0.6 is 0 Å². The Kier molecular flexibility index (Phi) is 8.06. The minimum Gasteiger partial charge on any atom is -0.329 e. The largest absolute Gasteiger partial charge is 0.329 e. The second-order valence-electron chi connectivity index (χ2n) is 6.22. The summed E-state index contributed by atoms with van der Waals surface area (Å²) in [5.74, 6) is 1.47. The van der Waals surface area contributed by atoms with Crippen molar-refractivity contribution in [1.29, 1.82) is 0 Å². The van der Waals surface area contributed by atoms with Gasteiger partial charge < -0.3 is 5.73 Å². The summed E-state index contributed by atoms with van der Waals surface area (Å²) in [6.45, 7) is 17.0. The fourth-order valence-electron chi connectivity index (χ4n) is 2.44. The van der Waals surface area contributed by atoms with Crippen molar-refractivity contribution in [2.24, 2.45) is 17.6 Å². The van der Waals surface area contributed by atoms with E-state index in [2.05, 4.69) is 46.4 Å². The molecule has 0 aliphatic rings. The normalized spacial score (nSPS) is 15.9. The lowest BCUT2D eigenvalue weighted by Crippen LogP contribution is -2.52. The SMILES string of the molecule is CCCN(CCN)[C@](C)(CCC(C)C)C(C)C. The Balaban J connectivity index is 4.72. The van der Waals surface area contributed by atoms with Gasteiger partial charge in [0, 0.05) is 18.6 Å². The van der Waals surface area contributed by atoms with Crippen LogP contribution in [-0.2, 0) is 0 Å². The van der Waals surface area contributed by atoms with Gasteiger partial charge in [0.1, 0.15) is 0 Å². The van der Waals surface area contributed by atoms with Crippen LogP contribution in [0.5, 0.6) is 0 Å². The molecule has 2 heteroatoms. The third kappa shape index (κ3) is 5.39. The van der Waals surface area contributed by atoms with E-state index in [1.807, 2.05) is 0 Å². The second-order valence-corrected chi connectivity index (χ2v) is 6.22. The highest BCUT2D eigenvalue weighted by Crippen LogP contribution is 2.31. The van der Waals surface area contributed by atoms with Crippen molar-refractivity contribution in [3.05, 3.63) is 0 Å². The van der Waals surface area contributed by atoms with E-state index in [0.717, 1.165) is 19.0 Å². The van der Waals surface area contributed by atoms with Gasteiger partial charge in [0.05, 0.1) is 0 Å². The first-order valence-electron chi connectivity index (χ1n) is 7.33. The molecule has 0 bridgehead atoms. The van der Waals surface area contributed by atoms with E-state index in [-0.39, 0.29) is 0 Å². The molecule has 0 saturated carbocycles. The Morgan fingerprint density at radius 3 is 2.06 bits per heavy atom. The summed E-state index contributed by atoms with van der Waals surface area (Å²) >= 11 is 0. The number of hydrogen-bond donors (Lipinski definition) is 1. The van der Waals surface area contributed by atoms with E-state index in [0.29, 0.717) is 11.5 Å². The molecule has 0 unspecified atom stereocenters. The molecule has 0 rings (SSSR count). The molecule has 2 nitrogen and oxygen atoms in total. The Bertz CT molecular complexity index is 183. The molecule has 0 aliphatic carbocycles. The molecule has 17 heavy (non-hydrogen) atoms. The molecule has 0 fully saturated rings. The van der Waals surface area contributed by atoms with Crippen LogP contribution in [0.1, 0.15) is 60.8 Å². The summed E-state index contributed by atoms with van der Waals surface area (Å²) in [6.07, 6.45) is 3.80. The van der Waals surface area contributed by atoms with Crippen molar-refractivity contribution in [2.75, 3.05) is 19.6 Å². The minimum atomic E-state index is 0.305. The summed E-state index contributed by atoms with van der Waals surface area (Å²) in [7, 11) is 0. The number of rotatable bonds is 9. The molecular weight excluding hydrogens is 208 g/mol. The van der Waals surface area contributed by atoms with Gasteiger partial charge in [-0.2, -0.15) is 0 Å². The van der Waals surface area contributed by atoms with E-state index < -0.39 is 0 Å². The fraction of sp³-hybridized carbons (Fsp3) is 1.00. The topological polar surface area (TPSA) is 29.3 Å². The van der Waals surface area contributed by atoms with Crippen LogP contribution < -0.4 is 5.73 Å². The second kappa shape index (κ2) is 8.10. The van der Waals surface area contributed by atoms with Gasteiger partial charge >= 0.3 is 0 Å². The van der Waals surface area contributed by atoms with E-state index in [1.165, 1.54) is 25.8 Å². The van der Waals surface area contributed by atoms with Crippen molar-refractivity contribution in [1.82, 2.24) is 4.90 Å².